The topological polar surface area (TPSA) is 58.6 Å². The van der Waals surface area contributed by atoms with Gasteiger partial charge >= 0.3 is 5.97 Å². The predicted molar refractivity (Wildman–Crippen MR) is 69.0 cm³/mol. The Kier molecular flexibility index (Phi) is 5.85. The van der Waals surface area contributed by atoms with Crippen molar-refractivity contribution in [1.82, 2.24) is 10.2 Å². The van der Waals surface area contributed by atoms with E-state index < -0.39 is 0 Å². The van der Waals surface area contributed by atoms with Crippen molar-refractivity contribution in [2.75, 3.05) is 27.2 Å². The average Bonchev–Trinajstić information content (AvgIpc) is 2.33. The molecule has 5 nitrogen and oxygen atoms in total. The Bertz CT molecular complexity index is 328. The van der Waals surface area contributed by atoms with E-state index in [0.29, 0.717) is 18.5 Å². The monoisotopic (exact) mass is 254 g/mol. The van der Waals surface area contributed by atoms with Gasteiger partial charge < -0.3 is 10.1 Å². The van der Waals surface area contributed by atoms with Crippen LogP contribution < -0.4 is 5.32 Å². The SMILES string of the molecule is COC(=O)CN(C)C/C=C/C(=O)N[C@@H]1CCC1C. The van der Waals surface area contributed by atoms with Gasteiger partial charge in [-0.2, -0.15) is 0 Å². The van der Waals surface area contributed by atoms with E-state index in [4.69, 9.17) is 0 Å². The molecule has 1 amide bonds. The number of esters is 1. The molecule has 102 valence electrons. The molecule has 1 fully saturated rings. The maximum Gasteiger partial charge on any atom is 0.319 e. The molecule has 1 aliphatic carbocycles. The Morgan fingerprint density at radius 3 is 2.67 bits per heavy atom. The second kappa shape index (κ2) is 7.16. The maximum atomic E-state index is 11.5. The van der Waals surface area contributed by atoms with Crippen LogP contribution in [0.3, 0.4) is 0 Å². The number of methoxy groups -OCH3 is 1. The van der Waals surface area contributed by atoms with Gasteiger partial charge in [-0.15, -0.1) is 0 Å². The van der Waals surface area contributed by atoms with Crippen molar-refractivity contribution in [3.8, 4) is 0 Å². The molecule has 0 radical (unpaired) electrons. The lowest BCUT2D eigenvalue weighted by Crippen LogP contribution is -2.44. The Labute approximate surface area is 108 Å². The molecule has 1 rings (SSSR count). The highest BCUT2D eigenvalue weighted by atomic mass is 16.5. The molecular weight excluding hydrogens is 232 g/mol. The molecule has 0 aromatic heterocycles. The van der Waals surface area contributed by atoms with Gasteiger partial charge in [0.25, 0.3) is 0 Å². The number of nitrogens with one attached hydrogen (secondary N) is 1. The zero-order valence-electron chi connectivity index (χ0n) is 11.3. The van der Waals surface area contributed by atoms with Gasteiger partial charge in [-0.05, 0) is 25.8 Å². The molecule has 0 saturated heterocycles. The first-order chi connectivity index (χ1) is 8.52. The Morgan fingerprint density at radius 1 is 1.44 bits per heavy atom. The molecule has 0 aliphatic heterocycles. The molecule has 1 saturated carbocycles. The van der Waals surface area contributed by atoms with Crippen molar-refractivity contribution < 1.29 is 14.3 Å². The van der Waals surface area contributed by atoms with Gasteiger partial charge in [0.1, 0.15) is 0 Å². The minimum atomic E-state index is -0.279. The first-order valence-electron chi connectivity index (χ1n) is 6.25. The fourth-order valence-corrected chi connectivity index (χ4v) is 1.80. The third-order valence-corrected chi connectivity index (χ3v) is 3.26. The van der Waals surface area contributed by atoms with E-state index in [1.54, 1.807) is 18.0 Å². The summed E-state index contributed by atoms with van der Waals surface area (Å²) in [5.74, 6) is 0.251. The molecule has 0 spiro atoms. The largest absolute Gasteiger partial charge is 0.468 e. The quantitative estimate of drug-likeness (QED) is 0.556. The number of amides is 1. The van der Waals surface area contributed by atoms with Crippen LogP contribution in [0.15, 0.2) is 12.2 Å². The molecule has 1 unspecified atom stereocenters. The average molecular weight is 254 g/mol. The summed E-state index contributed by atoms with van der Waals surface area (Å²) in [6.45, 7) is 2.91. The molecule has 5 heteroatoms. The zero-order valence-corrected chi connectivity index (χ0v) is 11.3. The van der Waals surface area contributed by atoms with E-state index in [1.165, 1.54) is 19.6 Å². The zero-order chi connectivity index (χ0) is 13.5. The van der Waals surface area contributed by atoms with Crippen LogP contribution in [0.25, 0.3) is 0 Å². The standard InChI is InChI=1S/C13H22N2O3/c1-10-6-7-11(10)14-12(16)5-4-8-15(2)9-13(17)18-3/h4-5,10-11H,6-9H2,1-3H3,(H,14,16)/b5-4+/t10?,11-/m1/s1. The fraction of sp³-hybridized carbons (Fsp3) is 0.692. The first-order valence-corrected chi connectivity index (χ1v) is 6.25. The van der Waals surface area contributed by atoms with Crippen LogP contribution in [0.4, 0.5) is 0 Å². The van der Waals surface area contributed by atoms with E-state index >= 15 is 0 Å². The summed E-state index contributed by atoms with van der Waals surface area (Å²) in [7, 11) is 3.16. The normalized spacial score (nSPS) is 22.9. The van der Waals surface area contributed by atoms with Crippen LogP contribution >= 0.6 is 0 Å². The number of likely N-dealkylation sites (N-methyl/N-ethyl adjacent to an activating group) is 1. The van der Waals surface area contributed by atoms with Gasteiger partial charge in [0.05, 0.1) is 13.7 Å². The van der Waals surface area contributed by atoms with Crippen molar-refractivity contribution in [3.63, 3.8) is 0 Å². The minimum Gasteiger partial charge on any atom is -0.468 e. The Hall–Kier alpha value is -1.36. The van der Waals surface area contributed by atoms with Gasteiger partial charge in [-0.1, -0.05) is 13.0 Å². The van der Waals surface area contributed by atoms with Crippen LogP contribution in [0.5, 0.6) is 0 Å². The summed E-state index contributed by atoms with van der Waals surface area (Å²) in [4.78, 5) is 24.3. The third kappa shape index (κ3) is 4.87. The number of hydrogen-bond acceptors (Lipinski definition) is 4. The van der Waals surface area contributed by atoms with E-state index in [2.05, 4.69) is 17.0 Å². The van der Waals surface area contributed by atoms with Gasteiger partial charge in [0.15, 0.2) is 0 Å². The molecule has 1 aliphatic rings. The van der Waals surface area contributed by atoms with E-state index in [1.807, 2.05) is 0 Å². The second-order valence-electron chi connectivity index (χ2n) is 4.84. The maximum absolute atomic E-state index is 11.5. The Balaban J connectivity index is 2.18. The second-order valence-corrected chi connectivity index (χ2v) is 4.84. The highest BCUT2D eigenvalue weighted by molar-refractivity contribution is 5.87. The summed E-state index contributed by atoms with van der Waals surface area (Å²) >= 11 is 0. The van der Waals surface area contributed by atoms with E-state index in [0.717, 1.165) is 6.42 Å². The van der Waals surface area contributed by atoms with Gasteiger partial charge in [0, 0.05) is 18.7 Å². The van der Waals surface area contributed by atoms with Gasteiger partial charge in [0.2, 0.25) is 5.91 Å². The highest BCUT2D eigenvalue weighted by Crippen LogP contribution is 2.26. The molecule has 2 atom stereocenters. The summed E-state index contributed by atoms with van der Waals surface area (Å²) in [6, 6.07) is 0.329. The number of carbonyl (C=O) groups excluding carboxylic acids is 2. The number of carbonyl (C=O) groups is 2. The lowest BCUT2D eigenvalue weighted by Gasteiger charge is -2.34. The van der Waals surface area contributed by atoms with Crippen LogP contribution in [-0.2, 0) is 14.3 Å². The predicted octanol–water partition coefficient (Wildman–Crippen LogP) is 0.562. The summed E-state index contributed by atoms with van der Waals surface area (Å²) < 4.78 is 4.55. The van der Waals surface area contributed by atoms with Gasteiger partial charge in [-0.3, -0.25) is 14.5 Å². The van der Waals surface area contributed by atoms with Crippen LogP contribution in [0.1, 0.15) is 19.8 Å². The minimum absolute atomic E-state index is 0.0574. The Morgan fingerprint density at radius 2 is 2.17 bits per heavy atom. The summed E-state index contributed by atoms with van der Waals surface area (Å²) in [6.07, 6.45) is 5.54. The van der Waals surface area contributed by atoms with Gasteiger partial charge in [-0.25, -0.2) is 0 Å². The van der Waals surface area contributed by atoms with Crippen molar-refractivity contribution in [1.29, 1.82) is 0 Å². The number of nitrogens with zero attached hydrogens (tertiary/aromatic N) is 1. The van der Waals surface area contributed by atoms with Crippen molar-refractivity contribution in [2.45, 2.75) is 25.8 Å². The fourth-order valence-electron chi connectivity index (χ4n) is 1.80. The summed E-state index contributed by atoms with van der Waals surface area (Å²) in [5, 5.41) is 2.96. The van der Waals surface area contributed by atoms with E-state index in [-0.39, 0.29) is 18.4 Å². The molecule has 0 bridgehead atoms. The molecule has 0 heterocycles. The highest BCUT2D eigenvalue weighted by Gasteiger charge is 2.27. The van der Waals surface area contributed by atoms with Crippen LogP contribution in [0, 0.1) is 5.92 Å². The first kappa shape index (κ1) is 14.7. The number of ether oxygens (including phenoxy) is 1. The smallest absolute Gasteiger partial charge is 0.319 e. The molecule has 18 heavy (non-hydrogen) atoms. The number of rotatable bonds is 6. The molecular formula is C13H22N2O3. The van der Waals surface area contributed by atoms with Crippen molar-refractivity contribution in [3.05, 3.63) is 12.2 Å². The molecule has 0 aromatic carbocycles. The lowest BCUT2D eigenvalue weighted by atomic mass is 9.81. The van der Waals surface area contributed by atoms with Crippen LogP contribution in [-0.4, -0.2) is 50.1 Å². The molecule has 0 aromatic rings. The van der Waals surface area contributed by atoms with Crippen molar-refractivity contribution in [2.24, 2.45) is 5.92 Å². The van der Waals surface area contributed by atoms with Crippen LogP contribution in [0.2, 0.25) is 0 Å². The van der Waals surface area contributed by atoms with Crippen molar-refractivity contribution >= 4 is 11.9 Å². The molecule has 1 N–H and O–H groups in total. The number of hydrogen-bond donors (Lipinski definition) is 1. The summed E-state index contributed by atoms with van der Waals surface area (Å²) in [5.41, 5.74) is 0. The lowest BCUT2D eigenvalue weighted by molar-refractivity contribution is -0.141. The third-order valence-electron chi connectivity index (χ3n) is 3.26. The van der Waals surface area contributed by atoms with E-state index in [9.17, 15) is 9.59 Å².